The second kappa shape index (κ2) is 10.5. The minimum absolute atomic E-state index is 0.260. The van der Waals surface area contributed by atoms with Gasteiger partial charge in [0.2, 0.25) is 0 Å². The zero-order valence-corrected chi connectivity index (χ0v) is 14.5. The van der Waals surface area contributed by atoms with Crippen molar-refractivity contribution in [1.82, 2.24) is 20.9 Å². The molecule has 0 bridgehead atoms. The molecule has 3 N–H and O–H groups in total. The van der Waals surface area contributed by atoms with Crippen LogP contribution in [0.15, 0.2) is 24.3 Å². The molecule has 1 aromatic carbocycles. The van der Waals surface area contributed by atoms with Crippen molar-refractivity contribution in [2.75, 3.05) is 59.5 Å². The number of benzene rings is 1. The third-order valence-electron chi connectivity index (χ3n) is 3.85. The van der Waals surface area contributed by atoms with Crippen LogP contribution in [-0.2, 0) is 9.59 Å². The van der Waals surface area contributed by atoms with Gasteiger partial charge in [0.25, 0.3) is 0 Å². The Morgan fingerprint density at radius 2 is 1.64 bits per heavy atom. The number of amides is 2. The van der Waals surface area contributed by atoms with Gasteiger partial charge in [-0.3, -0.25) is 14.5 Å². The van der Waals surface area contributed by atoms with Crippen molar-refractivity contribution >= 4 is 11.8 Å². The van der Waals surface area contributed by atoms with Gasteiger partial charge in [-0.05, 0) is 24.3 Å². The lowest BCUT2D eigenvalue weighted by molar-refractivity contribution is -0.139. The molecular formula is C17H26N4O4. The Labute approximate surface area is 147 Å². The van der Waals surface area contributed by atoms with Crippen LogP contribution in [0.4, 0.5) is 0 Å². The van der Waals surface area contributed by atoms with Crippen molar-refractivity contribution in [2.45, 2.75) is 0 Å². The average molecular weight is 350 g/mol. The predicted octanol–water partition coefficient (Wildman–Crippen LogP) is -0.788. The minimum Gasteiger partial charge on any atom is -0.497 e. The predicted molar refractivity (Wildman–Crippen MR) is 93.8 cm³/mol. The summed E-state index contributed by atoms with van der Waals surface area (Å²) >= 11 is 0. The average Bonchev–Trinajstić information content (AvgIpc) is 2.66. The van der Waals surface area contributed by atoms with Crippen molar-refractivity contribution < 1.29 is 19.1 Å². The maximum atomic E-state index is 11.7. The summed E-state index contributed by atoms with van der Waals surface area (Å²) in [5.74, 6) is 0.173. The summed E-state index contributed by atoms with van der Waals surface area (Å²) in [6.45, 7) is 5.61. The van der Waals surface area contributed by atoms with Crippen LogP contribution in [0.1, 0.15) is 0 Å². The molecule has 8 nitrogen and oxygen atoms in total. The number of piperazine rings is 1. The van der Waals surface area contributed by atoms with Crippen LogP contribution in [-0.4, -0.2) is 76.2 Å². The maximum absolute atomic E-state index is 11.7. The van der Waals surface area contributed by atoms with E-state index in [-0.39, 0.29) is 13.2 Å². The molecule has 2 amide bonds. The van der Waals surface area contributed by atoms with Crippen LogP contribution >= 0.6 is 0 Å². The summed E-state index contributed by atoms with van der Waals surface area (Å²) in [6.07, 6.45) is 0. The number of carbonyl (C=O) groups is 2. The van der Waals surface area contributed by atoms with Gasteiger partial charge < -0.3 is 25.4 Å². The van der Waals surface area contributed by atoms with Gasteiger partial charge in [-0.25, -0.2) is 0 Å². The molecule has 0 saturated carbocycles. The number of methoxy groups -OCH3 is 1. The van der Waals surface area contributed by atoms with Crippen LogP contribution in [0.25, 0.3) is 0 Å². The van der Waals surface area contributed by atoms with Crippen LogP contribution < -0.4 is 25.4 Å². The van der Waals surface area contributed by atoms with E-state index in [1.165, 1.54) is 0 Å². The number of rotatable bonds is 8. The van der Waals surface area contributed by atoms with E-state index >= 15 is 0 Å². The molecule has 0 aliphatic carbocycles. The number of nitrogens with zero attached hydrogens (tertiary/aromatic N) is 1. The molecule has 0 atom stereocenters. The number of hydrogen-bond donors (Lipinski definition) is 3. The first-order valence-corrected chi connectivity index (χ1v) is 8.45. The fourth-order valence-electron chi connectivity index (χ4n) is 2.43. The molecular weight excluding hydrogens is 324 g/mol. The lowest BCUT2D eigenvalue weighted by Gasteiger charge is -2.26. The van der Waals surface area contributed by atoms with Gasteiger partial charge in [-0.1, -0.05) is 0 Å². The van der Waals surface area contributed by atoms with Crippen molar-refractivity contribution in [1.29, 1.82) is 0 Å². The van der Waals surface area contributed by atoms with Gasteiger partial charge in [0.05, 0.1) is 13.7 Å². The van der Waals surface area contributed by atoms with Crippen molar-refractivity contribution in [2.24, 2.45) is 0 Å². The quantitative estimate of drug-likeness (QED) is 0.420. The summed E-state index contributed by atoms with van der Waals surface area (Å²) in [5.41, 5.74) is 0. The number of nitrogens with one attached hydrogen (secondary N) is 3. The summed E-state index contributed by atoms with van der Waals surface area (Å²) < 4.78 is 10.5. The summed E-state index contributed by atoms with van der Waals surface area (Å²) in [5, 5.41) is 8.44. The van der Waals surface area contributed by atoms with E-state index in [4.69, 9.17) is 9.47 Å². The van der Waals surface area contributed by atoms with Gasteiger partial charge in [-0.2, -0.15) is 0 Å². The fraction of sp³-hybridized carbons (Fsp3) is 0.529. The number of carbonyl (C=O) groups excluding carboxylic acids is 2. The lowest BCUT2D eigenvalue weighted by Crippen LogP contribution is -2.48. The van der Waals surface area contributed by atoms with Gasteiger partial charge in [0.1, 0.15) is 18.1 Å². The zero-order chi connectivity index (χ0) is 17.9. The molecule has 0 spiro atoms. The molecule has 25 heavy (non-hydrogen) atoms. The van der Waals surface area contributed by atoms with Gasteiger partial charge in [0.15, 0.2) is 0 Å². The molecule has 8 heteroatoms. The highest BCUT2D eigenvalue weighted by Crippen LogP contribution is 2.16. The Hall–Kier alpha value is -2.32. The molecule has 1 aliphatic heterocycles. The zero-order valence-electron chi connectivity index (χ0n) is 14.5. The summed E-state index contributed by atoms with van der Waals surface area (Å²) in [4.78, 5) is 25.7. The largest absolute Gasteiger partial charge is 0.497 e. The fourth-order valence-corrected chi connectivity index (χ4v) is 2.43. The Morgan fingerprint density at radius 1 is 1.04 bits per heavy atom. The van der Waals surface area contributed by atoms with E-state index in [1.807, 2.05) is 0 Å². The topological polar surface area (TPSA) is 91.9 Å². The first-order valence-electron chi connectivity index (χ1n) is 8.45. The molecule has 138 valence electrons. The van der Waals surface area contributed by atoms with Crippen LogP contribution in [0.5, 0.6) is 11.5 Å². The minimum atomic E-state index is -0.640. The maximum Gasteiger partial charge on any atom is 0.309 e. The molecule has 0 unspecified atom stereocenters. The summed E-state index contributed by atoms with van der Waals surface area (Å²) in [7, 11) is 1.60. The first kappa shape index (κ1) is 19.0. The lowest BCUT2D eigenvalue weighted by atomic mass is 10.3. The molecule has 0 radical (unpaired) electrons. The highest BCUT2D eigenvalue weighted by molar-refractivity contribution is 6.35. The molecule has 1 saturated heterocycles. The molecule has 1 aliphatic rings. The summed E-state index contributed by atoms with van der Waals surface area (Å²) in [6, 6.07) is 7.15. The molecule has 0 aromatic heterocycles. The van der Waals surface area contributed by atoms with E-state index in [0.717, 1.165) is 38.5 Å². The second-order valence-electron chi connectivity index (χ2n) is 5.63. The van der Waals surface area contributed by atoms with Crippen molar-refractivity contribution in [3.63, 3.8) is 0 Å². The van der Waals surface area contributed by atoms with Gasteiger partial charge >= 0.3 is 11.8 Å². The van der Waals surface area contributed by atoms with Crippen molar-refractivity contribution in [3.05, 3.63) is 24.3 Å². The normalized spacial score (nSPS) is 14.6. The highest BCUT2D eigenvalue weighted by Gasteiger charge is 2.14. The Morgan fingerprint density at radius 3 is 2.28 bits per heavy atom. The van der Waals surface area contributed by atoms with E-state index in [1.54, 1.807) is 31.4 Å². The Bertz CT molecular complexity index is 544. The smallest absolute Gasteiger partial charge is 0.309 e. The van der Waals surface area contributed by atoms with Crippen molar-refractivity contribution in [3.8, 4) is 11.5 Å². The number of ether oxygens (including phenoxy) is 2. The number of hydrogen-bond acceptors (Lipinski definition) is 6. The highest BCUT2D eigenvalue weighted by atomic mass is 16.5. The van der Waals surface area contributed by atoms with Crippen LogP contribution in [0, 0.1) is 0 Å². The van der Waals surface area contributed by atoms with E-state index in [0.29, 0.717) is 12.3 Å². The van der Waals surface area contributed by atoms with Gasteiger partial charge in [-0.15, -0.1) is 0 Å². The monoisotopic (exact) mass is 350 g/mol. The third kappa shape index (κ3) is 6.98. The second-order valence-corrected chi connectivity index (χ2v) is 5.63. The Balaban J connectivity index is 1.55. The molecule has 1 aromatic rings. The van der Waals surface area contributed by atoms with Crippen LogP contribution in [0.3, 0.4) is 0 Å². The van der Waals surface area contributed by atoms with Crippen LogP contribution in [0.2, 0.25) is 0 Å². The SMILES string of the molecule is COc1ccc(OCCNC(=O)C(=O)NCCN2CCNCC2)cc1. The molecule has 1 fully saturated rings. The molecule has 1 heterocycles. The van der Waals surface area contributed by atoms with E-state index in [2.05, 4.69) is 20.9 Å². The first-order chi connectivity index (χ1) is 12.2. The van der Waals surface area contributed by atoms with Gasteiger partial charge in [0, 0.05) is 39.3 Å². The Kier molecular flexibility index (Phi) is 8.00. The van der Waals surface area contributed by atoms with E-state index < -0.39 is 11.8 Å². The third-order valence-corrected chi connectivity index (χ3v) is 3.85. The standard InChI is InChI=1S/C17H26N4O4/c1-24-14-2-4-15(5-3-14)25-13-9-20-17(23)16(22)19-8-12-21-10-6-18-7-11-21/h2-5,18H,6-13H2,1H3,(H,19,22)(H,20,23). The van der Waals surface area contributed by atoms with E-state index in [9.17, 15) is 9.59 Å². The molecule has 2 rings (SSSR count).